The Bertz CT molecular complexity index is 721. The molecule has 0 radical (unpaired) electrons. The number of carbonyl (C=O) groups excluding carboxylic acids is 2. The fraction of sp³-hybridized carbons (Fsp3) is 0.471. The molecule has 2 N–H and O–H groups in total. The minimum atomic E-state index is -0.208. The van der Waals surface area contributed by atoms with Crippen LogP contribution in [0.5, 0.6) is 0 Å². The van der Waals surface area contributed by atoms with Gasteiger partial charge in [-0.2, -0.15) is 0 Å². The quantitative estimate of drug-likeness (QED) is 0.839. The molecule has 2 amide bonds. The molecule has 0 aliphatic carbocycles. The van der Waals surface area contributed by atoms with Crippen molar-refractivity contribution in [3.05, 3.63) is 33.5 Å². The van der Waals surface area contributed by atoms with Crippen molar-refractivity contribution in [2.24, 2.45) is 0 Å². The van der Waals surface area contributed by atoms with Gasteiger partial charge >= 0.3 is 0 Å². The highest BCUT2D eigenvalue weighted by Gasteiger charge is 2.27. The van der Waals surface area contributed by atoms with Crippen LogP contribution in [0.4, 0.5) is 5.13 Å². The minimum Gasteiger partial charge on any atom is -0.349 e. The number of carbonyl (C=O) groups is 2. The summed E-state index contributed by atoms with van der Waals surface area (Å²) in [5.74, 6) is -0.0300. The van der Waals surface area contributed by atoms with Gasteiger partial charge in [0.1, 0.15) is 0 Å². The Balaban J connectivity index is 1.46. The number of rotatable bonds is 5. The largest absolute Gasteiger partial charge is 0.349 e. The molecule has 0 unspecified atom stereocenters. The number of aryl methyl sites for hydroxylation is 1. The summed E-state index contributed by atoms with van der Waals surface area (Å²) in [6.07, 6.45) is 3.38. The van der Waals surface area contributed by atoms with Crippen molar-refractivity contribution in [1.82, 2.24) is 15.2 Å². The Morgan fingerprint density at radius 2 is 2.08 bits per heavy atom. The molecule has 0 saturated carbocycles. The summed E-state index contributed by atoms with van der Waals surface area (Å²) < 4.78 is 0. The summed E-state index contributed by atoms with van der Waals surface area (Å²) in [5, 5.41) is 8.42. The average molecular weight is 379 g/mol. The number of thiazole rings is 1. The number of anilines is 1. The van der Waals surface area contributed by atoms with Crippen molar-refractivity contribution in [2.75, 3.05) is 18.4 Å². The van der Waals surface area contributed by atoms with E-state index < -0.39 is 0 Å². The molecule has 1 aliphatic rings. The van der Waals surface area contributed by atoms with E-state index in [-0.39, 0.29) is 23.9 Å². The van der Waals surface area contributed by atoms with Gasteiger partial charge in [0.25, 0.3) is 5.91 Å². The minimum absolute atomic E-state index is 0.00566. The molecule has 25 heavy (non-hydrogen) atoms. The maximum atomic E-state index is 12.3. The van der Waals surface area contributed by atoms with Gasteiger partial charge in [-0.05, 0) is 38.8 Å². The van der Waals surface area contributed by atoms with Crippen LogP contribution in [-0.2, 0) is 4.79 Å². The summed E-state index contributed by atoms with van der Waals surface area (Å²) in [6, 6.07) is 3.79. The van der Waals surface area contributed by atoms with Crippen LogP contribution in [0.25, 0.3) is 0 Å². The molecule has 3 rings (SSSR count). The Morgan fingerprint density at radius 1 is 1.32 bits per heavy atom. The highest BCUT2D eigenvalue weighted by atomic mass is 32.1. The summed E-state index contributed by atoms with van der Waals surface area (Å²) in [7, 11) is 0. The van der Waals surface area contributed by atoms with Gasteiger partial charge in [-0.1, -0.05) is 0 Å². The summed E-state index contributed by atoms with van der Waals surface area (Å²) in [6.45, 7) is 5.50. The summed E-state index contributed by atoms with van der Waals surface area (Å²) >= 11 is 2.93. The van der Waals surface area contributed by atoms with Crippen LogP contribution < -0.4 is 10.6 Å². The number of hydrogen-bond donors (Lipinski definition) is 2. The van der Waals surface area contributed by atoms with Crippen LogP contribution in [-0.4, -0.2) is 46.9 Å². The average Bonchev–Trinajstić information content (AvgIpc) is 3.26. The van der Waals surface area contributed by atoms with Crippen LogP contribution in [0, 0.1) is 6.92 Å². The molecule has 1 atom stereocenters. The Labute approximate surface area is 155 Å². The van der Waals surface area contributed by atoms with Gasteiger partial charge in [0.05, 0.1) is 10.9 Å². The van der Waals surface area contributed by atoms with Crippen LogP contribution in [0.1, 0.15) is 34.3 Å². The molecular weight excluding hydrogens is 356 g/mol. The lowest BCUT2D eigenvalue weighted by Crippen LogP contribution is -2.50. The maximum absolute atomic E-state index is 12.3. The summed E-state index contributed by atoms with van der Waals surface area (Å²) in [4.78, 5) is 32.7. The van der Waals surface area contributed by atoms with Crippen LogP contribution in [0.3, 0.4) is 0 Å². The topological polar surface area (TPSA) is 74.3 Å². The van der Waals surface area contributed by atoms with E-state index in [9.17, 15) is 9.59 Å². The van der Waals surface area contributed by atoms with Crippen LogP contribution >= 0.6 is 22.7 Å². The number of thiophene rings is 1. The second-order valence-corrected chi connectivity index (χ2v) is 8.38. The molecule has 2 aromatic heterocycles. The van der Waals surface area contributed by atoms with E-state index >= 15 is 0 Å². The van der Waals surface area contributed by atoms with Gasteiger partial charge in [-0.15, -0.1) is 22.7 Å². The zero-order valence-corrected chi connectivity index (χ0v) is 16.0. The molecule has 2 aromatic rings. The fourth-order valence-electron chi connectivity index (χ4n) is 2.91. The van der Waals surface area contributed by atoms with Crippen molar-refractivity contribution in [3.8, 4) is 0 Å². The lowest BCUT2D eigenvalue weighted by atomic mass is 10.0. The number of hydrogen-bond acceptors (Lipinski definition) is 6. The van der Waals surface area contributed by atoms with E-state index in [4.69, 9.17) is 0 Å². The lowest BCUT2D eigenvalue weighted by molar-refractivity contribution is -0.121. The van der Waals surface area contributed by atoms with E-state index in [2.05, 4.69) is 20.5 Å². The van der Waals surface area contributed by atoms with Gasteiger partial charge in [0.2, 0.25) is 5.91 Å². The highest BCUT2D eigenvalue weighted by molar-refractivity contribution is 7.14. The maximum Gasteiger partial charge on any atom is 0.261 e. The standard InChI is InChI=1S/C17H22N4O2S2/c1-11-3-4-14(25-11)16(23)19-13-5-8-21(9-6-13)12(2)15(22)20-17-18-7-10-24-17/h3-4,7,10,12-13H,5-6,8-9H2,1-2H3,(H,19,23)(H,18,20,22)/t12-/m0/s1. The third-order valence-corrected chi connectivity index (χ3v) is 6.11. The molecule has 1 fully saturated rings. The number of nitrogens with zero attached hydrogens (tertiary/aromatic N) is 2. The molecule has 3 heterocycles. The first kappa shape index (κ1) is 18.0. The van der Waals surface area contributed by atoms with Crippen molar-refractivity contribution in [1.29, 1.82) is 0 Å². The SMILES string of the molecule is Cc1ccc(C(=O)NC2CCN([C@@H](C)C(=O)Nc3nccs3)CC2)s1. The van der Waals surface area contributed by atoms with Gasteiger partial charge in [0.15, 0.2) is 5.13 Å². The fourth-order valence-corrected chi connectivity index (χ4v) is 4.21. The normalized spacial score (nSPS) is 17.2. The van der Waals surface area contributed by atoms with Crippen molar-refractivity contribution >= 4 is 39.6 Å². The number of aromatic nitrogens is 1. The predicted molar refractivity (Wildman–Crippen MR) is 101 cm³/mol. The van der Waals surface area contributed by atoms with Crippen molar-refractivity contribution in [3.63, 3.8) is 0 Å². The first-order valence-corrected chi connectivity index (χ1v) is 10.0. The van der Waals surface area contributed by atoms with E-state index in [1.807, 2.05) is 31.4 Å². The van der Waals surface area contributed by atoms with Crippen molar-refractivity contribution in [2.45, 2.75) is 38.8 Å². The van der Waals surface area contributed by atoms with E-state index in [1.165, 1.54) is 22.7 Å². The predicted octanol–water partition coefficient (Wildman–Crippen LogP) is 2.73. The number of amides is 2. The monoisotopic (exact) mass is 378 g/mol. The zero-order chi connectivity index (χ0) is 17.8. The van der Waals surface area contributed by atoms with Gasteiger partial charge in [0, 0.05) is 35.6 Å². The Hall–Kier alpha value is -1.77. The number of likely N-dealkylation sites (tertiary alicyclic amines) is 1. The molecule has 1 aliphatic heterocycles. The van der Waals surface area contributed by atoms with E-state index in [1.54, 1.807) is 6.20 Å². The third-order valence-electron chi connectivity index (χ3n) is 4.42. The molecule has 0 bridgehead atoms. The van der Waals surface area contributed by atoms with E-state index in [0.29, 0.717) is 5.13 Å². The first-order chi connectivity index (χ1) is 12.0. The van der Waals surface area contributed by atoms with E-state index in [0.717, 1.165) is 35.7 Å². The van der Waals surface area contributed by atoms with Gasteiger partial charge < -0.3 is 10.6 Å². The molecule has 134 valence electrons. The third kappa shape index (κ3) is 4.65. The molecule has 0 aromatic carbocycles. The van der Waals surface area contributed by atoms with Gasteiger partial charge in [-0.3, -0.25) is 14.5 Å². The van der Waals surface area contributed by atoms with Gasteiger partial charge in [-0.25, -0.2) is 4.98 Å². The number of piperidine rings is 1. The lowest BCUT2D eigenvalue weighted by Gasteiger charge is -2.35. The molecule has 6 nitrogen and oxygen atoms in total. The second-order valence-electron chi connectivity index (χ2n) is 6.20. The molecule has 1 saturated heterocycles. The highest BCUT2D eigenvalue weighted by Crippen LogP contribution is 2.18. The molecule has 0 spiro atoms. The molecular formula is C17H22N4O2S2. The Morgan fingerprint density at radius 3 is 2.68 bits per heavy atom. The van der Waals surface area contributed by atoms with Crippen molar-refractivity contribution < 1.29 is 9.59 Å². The second kappa shape index (κ2) is 8.07. The number of nitrogens with one attached hydrogen (secondary N) is 2. The van der Waals surface area contributed by atoms with Crippen LogP contribution in [0.2, 0.25) is 0 Å². The van der Waals surface area contributed by atoms with Crippen LogP contribution in [0.15, 0.2) is 23.7 Å². The molecule has 8 heteroatoms. The zero-order valence-electron chi connectivity index (χ0n) is 14.3. The Kier molecular flexibility index (Phi) is 5.82. The smallest absolute Gasteiger partial charge is 0.261 e. The first-order valence-electron chi connectivity index (χ1n) is 8.34. The summed E-state index contributed by atoms with van der Waals surface area (Å²) in [5.41, 5.74) is 0.